The van der Waals surface area contributed by atoms with Gasteiger partial charge in [0.15, 0.2) is 5.82 Å². The number of aromatic nitrogens is 6. The van der Waals surface area contributed by atoms with Crippen molar-refractivity contribution < 1.29 is 0 Å². The summed E-state index contributed by atoms with van der Waals surface area (Å²) < 4.78 is 3.28. The van der Waals surface area contributed by atoms with E-state index >= 15 is 0 Å². The fourth-order valence-electron chi connectivity index (χ4n) is 2.08. The van der Waals surface area contributed by atoms with E-state index in [4.69, 9.17) is 17.3 Å². The Morgan fingerprint density at radius 3 is 2.75 bits per heavy atom. The lowest BCUT2D eigenvalue weighted by Gasteiger charge is -2.07. The van der Waals surface area contributed by atoms with Gasteiger partial charge < -0.3 is 5.73 Å². The van der Waals surface area contributed by atoms with Crippen molar-refractivity contribution in [2.45, 2.75) is 6.92 Å². The number of aryl methyl sites for hydroxylation is 2. The van der Waals surface area contributed by atoms with Crippen molar-refractivity contribution in [1.29, 1.82) is 0 Å². The van der Waals surface area contributed by atoms with E-state index in [0.29, 0.717) is 22.1 Å². The summed E-state index contributed by atoms with van der Waals surface area (Å²) >= 11 is 6.22. The number of hydrogen-bond acceptors (Lipinski definition) is 5. The summed E-state index contributed by atoms with van der Waals surface area (Å²) in [6.45, 7) is 1.89. The zero-order valence-corrected chi connectivity index (χ0v) is 11.7. The van der Waals surface area contributed by atoms with Crippen molar-refractivity contribution in [2.75, 3.05) is 5.73 Å². The molecule has 0 atom stereocenters. The molecule has 0 bridgehead atoms. The van der Waals surface area contributed by atoms with E-state index in [1.54, 1.807) is 27.6 Å². The molecule has 102 valence electrons. The average molecular weight is 290 g/mol. The molecular weight excluding hydrogens is 278 g/mol. The normalized spacial score (nSPS) is 10.9. The van der Waals surface area contributed by atoms with Gasteiger partial charge in [0.1, 0.15) is 5.69 Å². The Kier molecular flexibility index (Phi) is 2.90. The van der Waals surface area contributed by atoms with Crippen LogP contribution in [0.5, 0.6) is 0 Å². The molecule has 0 radical (unpaired) electrons. The number of rotatable bonds is 2. The second-order valence-corrected chi connectivity index (χ2v) is 4.80. The Morgan fingerprint density at radius 2 is 2.10 bits per heavy atom. The average Bonchev–Trinajstić information content (AvgIpc) is 2.96. The molecule has 2 N–H and O–H groups in total. The molecule has 3 rings (SSSR count). The van der Waals surface area contributed by atoms with Crippen LogP contribution in [0.2, 0.25) is 5.02 Å². The monoisotopic (exact) mass is 289 g/mol. The molecule has 0 aliphatic rings. The summed E-state index contributed by atoms with van der Waals surface area (Å²) in [6, 6.07) is 5.29. The zero-order chi connectivity index (χ0) is 14.3. The van der Waals surface area contributed by atoms with Gasteiger partial charge in [-0.2, -0.15) is 9.78 Å². The zero-order valence-electron chi connectivity index (χ0n) is 10.9. The predicted octanol–water partition coefficient (Wildman–Crippen LogP) is 1.61. The van der Waals surface area contributed by atoms with Gasteiger partial charge in [-0.15, -0.1) is 5.10 Å². The number of anilines is 1. The third-order valence-corrected chi connectivity index (χ3v) is 3.27. The van der Waals surface area contributed by atoms with Gasteiger partial charge >= 0.3 is 0 Å². The van der Waals surface area contributed by atoms with Crippen LogP contribution in [0.1, 0.15) is 5.69 Å². The van der Waals surface area contributed by atoms with Crippen LogP contribution in [0.3, 0.4) is 0 Å². The third-order valence-electron chi connectivity index (χ3n) is 2.95. The van der Waals surface area contributed by atoms with Gasteiger partial charge in [-0.1, -0.05) is 17.7 Å². The SMILES string of the molecule is Cc1nn(C)cc1-n1nnnc1-c1c(N)cccc1Cl. The highest BCUT2D eigenvalue weighted by atomic mass is 35.5. The first-order chi connectivity index (χ1) is 9.58. The molecule has 7 nitrogen and oxygen atoms in total. The minimum atomic E-state index is 0.490. The first kappa shape index (κ1) is 12.6. The maximum atomic E-state index is 6.22. The van der Waals surface area contributed by atoms with Crippen LogP contribution in [0.25, 0.3) is 17.1 Å². The van der Waals surface area contributed by atoms with E-state index < -0.39 is 0 Å². The summed E-state index contributed by atoms with van der Waals surface area (Å²) in [6.07, 6.45) is 1.84. The van der Waals surface area contributed by atoms with Crippen molar-refractivity contribution in [2.24, 2.45) is 7.05 Å². The minimum Gasteiger partial charge on any atom is -0.398 e. The highest BCUT2D eigenvalue weighted by Gasteiger charge is 2.18. The molecule has 0 aliphatic heterocycles. The first-order valence-electron chi connectivity index (χ1n) is 5.91. The van der Waals surface area contributed by atoms with E-state index in [1.165, 1.54) is 0 Å². The molecule has 0 unspecified atom stereocenters. The Bertz CT molecular complexity index is 754. The van der Waals surface area contributed by atoms with E-state index in [-0.39, 0.29) is 0 Å². The van der Waals surface area contributed by atoms with Crippen molar-refractivity contribution >= 4 is 17.3 Å². The second kappa shape index (κ2) is 4.61. The van der Waals surface area contributed by atoms with E-state index in [2.05, 4.69) is 20.6 Å². The Hall–Kier alpha value is -2.41. The molecule has 0 spiro atoms. The van der Waals surface area contributed by atoms with Crippen LogP contribution in [0.15, 0.2) is 24.4 Å². The summed E-state index contributed by atoms with van der Waals surface area (Å²) in [7, 11) is 1.84. The topological polar surface area (TPSA) is 87.4 Å². The third kappa shape index (κ3) is 1.92. The van der Waals surface area contributed by atoms with Crippen molar-refractivity contribution in [3.05, 3.63) is 35.1 Å². The number of nitrogens with two attached hydrogens (primary N) is 1. The highest BCUT2D eigenvalue weighted by molar-refractivity contribution is 6.33. The van der Waals surface area contributed by atoms with Gasteiger partial charge in [-0.25, -0.2) is 0 Å². The molecule has 3 aromatic rings. The van der Waals surface area contributed by atoms with Crippen LogP contribution in [0, 0.1) is 6.92 Å². The number of halogens is 1. The summed E-state index contributed by atoms with van der Waals surface area (Å²) in [5.74, 6) is 0.490. The van der Waals surface area contributed by atoms with E-state index in [1.807, 2.05) is 20.2 Å². The van der Waals surface area contributed by atoms with Crippen LogP contribution < -0.4 is 5.73 Å². The van der Waals surface area contributed by atoms with Gasteiger partial charge in [-0.05, 0) is 29.5 Å². The van der Waals surface area contributed by atoms with Crippen LogP contribution >= 0.6 is 11.6 Å². The lowest BCUT2D eigenvalue weighted by Crippen LogP contribution is -2.02. The summed E-state index contributed by atoms with van der Waals surface area (Å²) in [5.41, 5.74) is 8.72. The molecule has 0 saturated carbocycles. The molecule has 2 aromatic heterocycles. The maximum absolute atomic E-state index is 6.22. The van der Waals surface area contributed by atoms with Gasteiger partial charge in [0.05, 0.1) is 22.5 Å². The van der Waals surface area contributed by atoms with Crippen LogP contribution in [-0.2, 0) is 7.05 Å². The number of nitrogen functional groups attached to an aromatic ring is 1. The second-order valence-electron chi connectivity index (χ2n) is 4.39. The highest BCUT2D eigenvalue weighted by Crippen LogP contribution is 2.32. The number of nitrogens with zero attached hydrogens (tertiary/aromatic N) is 6. The smallest absolute Gasteiger partial charge is 0.190 e. The molecule has 0 fully saturated rings. The fraction of sp³-hybridized carbons (Fsp3) is 0.167. The molecule has 0 amide bonds. The fourth-order valence-corrected chi connectivity index (χ4v) is 2.34. The Balaban J connectivity index is 2.23. The van der Waals surface area contributed by atoms with Crippen molar-refractivity contribution in [1.82, 2.24) is 30.0 Å². The number of benzene rings is 1. The molecular formula is C12H12ClN7. The first-order valence-corrected chi connectivity index (χ1v) is 6.29. The van der Waals surface area contributed by atoms with Crippen LogP contribution in [0.4, 0.5) is 5.69 Å². The molecule has 2 heterocycles. The molecule has 1 aromatic carbocycles. The van der Waals surface area contributed by atoms with E-state index in [9.17, 15) is 0 Å². The largest absolute Gasteiger partial charge is 0.398 e. The number of tetrazole rings is 1. The van der Waals surface area contributed by atoms with Gasteiger partial charge in [0.25, 0.3) is 0 Å². The summed E-state index contributed by atoms with van der Waals surface area (Å²) in [4.78, 5) is 0. The van der Waals surface area contributed by atoms with Gasteiger partial charge in [0, 0.05) is 12.7 Å². The molecule has 0 aliphatic carbocycles. The Morgan fingerprint density at radius 1 is 1.30 bits per heavy atom. The standard InChI is InChI=1S/C12H12ClN7/c1-7-10(6-19(2)16-7)20-12(15-17-18-20)11-8(13)4-3-5-9(11)14/h3-6H,14H2,1-2H3. The lowest BCUT2D eigenvalue weighted by molar-refractivity contribution is 0.755. The summed E-state index contributed by atoms with van der Waals surface area (Å²) in [5, 5.41) is 16.5. The predicted molar refractivity (Wildman–Crippen MR) is 75.5 cm³/mol. The number of hydrogen-bond donors (Lipinski definition) is 1. The van der Waals surface area contributed by atoms with Gasteiger partial charge in [0.2, 0.25) is 0 Å². The molecule has 20 heavy (non-hydrogen) atoms. The quantitative estimate of drug-likeness (QED) is 0.724. The van der Waals surface area contributed by atoms with Crippen molar-refractivity contribution in [3.63, 3.8) is 0 Å². The van der Waals surface area contributed by atoms with Crippen molar-refractivity contribution in [3.8, 4) is 17.1 Å². The van der Waals surface area contributed by atoms with E-state index in [0.717, 1.165) is 11.4 Å². The lowest BCUT2D eigenvalue weighted by atomic mass is 10.1. The minimum absolute atomic E-state index is 0.490. The van der Waals surface area contributed by atoms with Crippen LogP contribution in [-0.4, -0.2) is 30.0 Å². The Labute approximate surface area is 120 Å². The molecule has 8 heteroatoms. The maximum Gasteiger partial charge on any atom is 0.190 e. The van der Waals surface area contributed by atoms with Gasteiger partial charge in [-0.3, -0.25) is 4.68 Å². The molecule has 0 saturated heterocycles.